The Bertz CT molecular complexity index is 618. The highest BCUT2D eigenvalue weighted by atomic mass is 35.5. The molecule has 1 heterocycles. The van der Waals surface area contributed by atoms with Gasteiger partial charge in [-0.25, -0.2) is 4.79 Å². The summed E-state index contributed by atoms with van der Waals surface area (Å²) in [6, 6.07) is 4.48. The Morgan fingerprint density at radius 3 is 2.82 bits per heavy atom. The Morgan fingerprint density at radius 2 is 2.18 bits per heavy atom. The molecule has 0 bridgehead atoms. The third-order valence-electron chi connectivity index (χ3n) is 3.47. The minimum absolute atomic E-state index is 0.186. The molecule has 2 atom stereocenters. The summed E-state index contributed by atoms with van der Waals surface area (Å²) < 4.78 is 5.09. The van der Waals surface area contributed by atoms with Gasteiger partial charge in [0, 0.05) is 17.1 Å². The third kappa shape index (κ3) is 3.76. The Labute approximate surface area is 133 Å². The van der Waals surface area contributed by atoms with Crippen LogP contribution in [0.3, 0.4) is 0 Å². The average Bonchev–Trinajstić information content (AvgIpc) is 2.90. The van der Waals surface area contributed by atoms with Crippen molar-refractivity contribution >= 4 is 35.1 Å². The minimum atomic E-state index is -0.969. The minimum Gasteiger partial charge on any atom is -0.451 e. The van der Waals surface area contributed by atoms with Gasteiger partial charge >= 0.3 is 5.97 Å². The summed E-state index contributed by atoms with van der Waals surface area (Å²) in [7, 11) is 0. The molecule has 2 rings (SSSR count). The molecule has 1 fully saturated rings. The first-order valence-corrected chi connectivity index (χ1v) is 7.32. The molecule has 0 unspecified atom stereocenters. The van der Waals surface area contributed by atoms with E-state index in [-0.39, 0.29) is 5.91 Å². The molecule has 22 heavy (non-hydrogen) atoms. The quantitative estimate of drug-likeness (QED) is 0.827. The van der Waals surface area contributed by atoms with Crippen molar-refractivity contribution < 1.29 is 19.1 Å². The maximum atomic E-state index is 12.1. The third-order valence-corrected chi connectivity index (χ3v) is 3.88. The van der Waals surface area contributed by atoms with Gasteiger partial charge in [-0.2, -0.15) is 0 Å². The van der Waals surface area contributed by atoms with Crippen molar-refractivity contribution in [2.45, 2.75) is 38.8 Å². The molecule has 0 spiro atoms. The maximum Gasteiger partial charge on any atom is 0.329 e. The molecular formula is C15H17ClN2O4. The van der Waals surface area contributed by atoms with Crippen LogP contribution in [0.15, 0.2) is 18.2 Å². The summed E-state index contributed by atoms with van der Waals surface area (Å²) in [5.74, 6) is -1.24. The van der Waals surface area contributed by atoms with Crippen LogP contribution in [-0.2, 0) is 19.1 Å². The first kappa shape index (κ1) is 16.3. The zero-order chi connectivity index (χ0) is 16.3. The molecule has 1 aliphatic heterocycles. The topological polar surface area (TPSA) is 84.5 Å². The smallest absolute Gasteiger partial charge is 0.329 e. The summed E-state index contributed by atoms with van der Waals surface area (Å²) in [4.78, 5) is 35.0. The standard InChI is InChI=1S/C15H17ClN2O4/c1-8-10(16)4-3-5-11(8)18-14(20)9(2)22-15(21)12-6-7-13(19)17-12/h3-5,9,12H,6-7H2,1-2H3,(H,17,19)(H,18,20)/t9-,12-/m0/s1. The van der Waals surface area contributed by atoms with E-state index in [1.807, 2.05) is 0 Å². The molecule has 6 nitrogen and oxygen atoms in total. The van der Waals surface area contributed by atoms with E-state index in [9.17, 15) is 14.4 Å². The van der Waals surface area contributed by atoms with Gasteiger partial charge in [-0.1, -0.05) is 17.7 Å². The highest BCUT2D eigenvalue weighted by Gasteiger charge is 2.30. The SMILES string of the molecule is Cc1c(Cl)cccc1NC(=O)[C@H](C)OC(=O)[C@@H]1CCC(=O)N1. The number of hydrogen-bond donors (Lipinski definition) is 2. The van der Waals surface area contributed by atoms with Gasteiger partial charge in [-0.05, 0) is 38.0 Å². The molecule has 2 amide bonds. The monoisotopic (exact) mass is 324 g/mol. The molecule has 118 valence electrons. The van der Waals surface area contributed by atoms with Crippen LogP contribution in [0.25, 0.3) is 0 Å². The van der Waals surface area contributed by atoms with Crippen molar-refractivity contribution in [3.05, 3.63) is 28.8 Å². The fourth-order valence-electron chi connectivity index (χ4n) is 2.08. The van der Waals surface area contributed by atoms with Gasteiger partial charge in [-0.15, -0.1) is 0 Å². The lowest BCUT2D eigenvalue weighted by Gasteiger charge is -2.17. The molecule has 1 aromatic carbocycles. The van der Waals surface area contributed by atoms with Crippen molar-refractivity contribution in [2.24, 2.45) is 0 Å². The molecule has 1 aliphatic rings. The lowest BCUT2D eigenvalue weighted by Crippen LogP contribution is -2.39. The Kier molecular flexibility index (Phi) is 5.03. The molecule has 0 aliphatic carbocycles. The van der Waals surface area contributed by atoms with E-state index in [4.69, 9.17) is 16.3 Å². The van der Waals surface area contributed by atoms with Crippen molar-refractivity contribution in [3.63, 3.8) is 0 Å². The fraction of sp³-hybridized carbons (Fsp3) is 0.400. The summed E-state index contributed by atoms with van der Waals surface area (Å²) in [6.07, 6.45) is -0.287. The van der Waals surface area contributed by atoms with Crippen LogP contribution in [0.4, 0.5) is 5.69 Å². The van der Waals surface area contributed by atoms with Gasteiger partial charge < -0.3 is 15.4 Å². The number of carbonyl (C=O) groups is 3. The van der Waals surface area contributed by atoms with Crippen molar-refractivity contribution in [3.8, 4) is 0 Å². The van der Waals surface area contributed by atoms with E-state index in [1.54, 1.807) is 25.1 Å². The van der Waals surface area contributed by atoms with Crippen LogP contribution in [0.1, 0.15) is 25.3 Å². The number of carbonyl (C=O) groups excluding carboxylic acids is 3. The highest BCUT2D eigenvalue weighted by Crippen LogP contribution is 2.23. The van der Waals surface area contributed by atoms with Gasteiger partial charge in [0.25, 0.3) is 5.91 Å². The van der Waals surface area contributed by atoms with Crippen LogP contribution in [-0.4, -0.2) is 29.9 Å². The van der Waals surface area contributed by atoms with Gasteiger partial charge in [0.2, 0.25) is 5.91 Å². The van der Waals surface area contributed by atoms with Gasteiger partial charge in [0.15, 0.2) is 6.10 Å². The van der Waals surface area contributed by atoms with Crippen LogP contribution in [0.2, 0.25) is 5.02 Å². The first-order chi connectivity index (χ1) is 10.4. The molecule has 0 radical (unpaired) electrons. The Balaban J connectivity index is 1.93. The largest absolute Gasteiger partial charge is 0.451 e. The number of anilines is 1. The number of halogens is 1. The molecule has 7 heteroatoms. The van der Waals surface area contributed by atoms with Crippen LogP contribution in [0.5, 0.6) is 0 Å². The number of ether oxygens (including phenoxy) is 1. The molecule has 1 aromatic rings. The fourth-order valence-corrected chi connectivity index (χ4v) is 2.25. The molecule has 1 saturated heterocycles. The summed E-state index contributed by atoms with van der Waals surface area (Å²) in [5, 5.41) is 5.71. The Morgan fingerprint density at radius 1 is 1.45 bits per heavy atom. The first-order valence-electron chi connectivity index (χ1n) is 6.94. The highest BCUT2D eigenvalue weighted by molar-refractivity contribution is 6.31. The number of benzene rings is 1. The van der Waals surface area contributed by atoms with Gasteiger partial charge in [-0.3, -0.25) is 9.59 Å². The summed E-state index contributed by atoms with van der Waals surface area (Å²) in [6.45, 7) is 3.26. The van der Waals surface area contributed by atoms with Gasteiger partial charge in [0.1, 0.15) is 6.04 Å². The van der Waals surface area contributed by atoms with E-state index in [1.165, 1.54) is 6.92 Å². The number of hydrogen-bond acceptors (Lipinski definition) is 4. The summed E-state index contributed by atoms with van der Waals surface area (Å²) >= 11 is 5.98. The normalized spacial score (nSPS) is 18.5. The van der Waals surface area contributed by atoms with Crippen molar-refractivity contribution in [1.29, 1.82) is 0 Å². The predicted molar refractivity (Wildman–Crippen MR) is 81.5 cm³/mol. The lowest BCUT2D eigenvalue weighted by atomic mass is 10.2. The van der Waals surface area contributed by atoms with E-state index >= 15 is 0 Å². The van der Waals surface area contributed by atoms with Crippen LogP contribution >= 0.6 is 11.6 Å². The number of rotatable bonds is 4. The van der Waals surface area contributed by atoms with E-state index in [0.717, 1.165) is 5.56 Å². The molecular weight excluding hydrogens is 308 g/mol. The summed E-state index contributed by atoms with van der Waals surface area (Å²) in [5.41, 5.74) is 1.30. The lowest BCUT2D eigenvalue weighted by molar-refractivity contribution is -0.155. The number of nitrogens with one attached hydrogen (secondary N) is 2. The van der Waals surface area contributed by atoms with E-state index in [0.29, 0.717) is 23.6 Å². The van der Waals surface area contributed by atoms with E-state index < -0.39 is 24.0 Å². The maximum absolute atomic E-state index is 12.1. The second kappa shape index (κ2) is 6.79. The van der Waals surface area contributed by atoms with Crippen LogP contribution in [0, 0.1) is 6.92 Å². The molecule has 2 N–H and O–H groups in total. The number of amides is 2. The molecule has 0 saturated carbocycles. The predicted octanol–water partition coefficient (Wildman–Crippen LogP) is 1.80. The zero-order valence-corrected chi connectivity index (χ0v) is 13.1. The second-order valence-electron chi connectivity index (χ2n) is 5.14. The average molecular weight is 325 g/mol. The zero-order valence-electron chi connectivity index (χ0n) is 12.3. The van der Waals surface area contributed by atoms with Crippen molar-refractivity contribution in [1.82, 2.24) is 5.32 Å². The molecule has 0 aromatic heterocycles. The Hall–Kier alpha value is -2.08. The van der Waals surface area contributed by atoms with Gasteiger partial charge in [0.05, 0.1) is 0 Å². The van der Waals surface area contributed by atoms with Crippen molar-refractivity contribution in [2.75, 3.05) is 5.32 Å². The number of esters is 1. The van der Waals surface area contributed by atoms with Crippen LogP contribution < -0.4 is 10.6 Å². The second-order valence-corrected chi connectivity index (χ2v) is 5.55. The van der Waals surface area contributed by atoms with E-state index in [2.05, 4.69) is 10.6 Å².